The Labute approximate surface area is 248 Å². The first-order valence-corrected chi connectivity index (χ1v) is 14.3. The van der Waals surface area contributed by atoms with Crippen LogP contribution in [-0.2, 0) is 36.9 Å². The summed E-state index contributed by atoms with van der Waals surface area (Å²) >= 11 is 0. The third-order valence-electron chi connectivity index (χ3n) is 7.52. The fourth-order valence-electron chi connectivity index (χ4n) is 5.08. The van der Waals surface area contributed by atoms with Gasteiger partial charge < -0.3 is 23.8 Å². The number of benzene rings is 1. The van der Waals surface area contributed by atoms with Crippen LogP contribution in [0, 0.1) is 11.3 Å². The van der Waals surface area contributed by atoms with Gasteiger partial charge in [0.15, 0.2) is 5.82 Å². The molecule has 14 heteroatoms. The maximum Gasteiger partial charge on any atom is 0.334 e. The Morgan fingerprint density at radius 3 is 2.51 bits per heavy atom. The van der Waals surface area contributed by atoms with Crippen molar-refractivity contribution in [2.24, 2.45) is 11.3 Å². The predicted molar refractivity (Wildman–Crippen MR) is 150 cm³/mol. The van der Waals surface area contributed by atoms with Gasteiger partial charge >= 0.3 is 17.8 Å². The van der Waals surface area contributed by atoms with E-state index in [0.717, 1.165) is 22.6 Å². The lowest BCUT2D eigenvalue weighted by Crippen LogP contribution is -2.53. The van der Waals surface area contributed by atoms with Crippen molar-refractivity contribution in [2.75, 3.05) is 44.8 Å². The number of amides is 6. The quantitative estimate of drug-likeness (QED) is 0.292. The summed E-state index contributed by atoms with van der Waals surface area (Å²) in [5.41, 5.74) is -0.0483. The van der Waals surface area contributed by atoms with E-state index in [-0.39, 0.29) is 55.5 Å². The van der Waals surface area contributed by atoms with Gasteiger partial charge in [0.25, 0.3) is 0 Å². The lowest BCUT2D eigenvalue weighted by molar-refractivity contribution is -0.146. The number of aromatic nitrogens is 2. The molecule has 1 aromatic heterocycles. The number of carbonyl (C=O) groups excluding carboxylic acids is 5. The molecule has 0 spiro atoms. The molecule has 1 atom stereocenters. The second kappa shape index (κ2) is 12.1. The van der Waals surface area contributed by atoms with Gasteiger partial charge in [-0.1, -0.05) is 38.1 Å². The molecule has 2 aliphatic heterocycles. The monoisotopic (exact) mass is 596 g/mol. The summed E-state index contributed by atoms with van der Waals surface area (Å²) in [4.78, 5) is 73.3. The highest BCUT2D eigenvalue weighted by atomic mass is 16.5. The van der Waals surface area contributed by atoms with E-state index in [1.807, 2.05) is 20.8 Å². The van der Waals surface area contributed by atoms with Crippen molar-refractivity contribution in [3.63, 3.8) is 0 Å². The molecule has 5 rings (SSSR count). The van der Waals surface area contributed by atoms with Crippen LogP contribution in [0.3, 0.4) is 0 Å². The number of methoxy groups -OCH3 is 1. The maximum atomic E-state index is 13.7. The average Bonchev–Trinajstić information content (AvgIpc) is 3.67. The van der Waals surface area contributed by atoms with Crippen LogP contribution in [0.15, 0.2) is 28.8 Å². The molecule has 14 nitrogen and oxygen atoms in total. The first-order chi connectivity index (χ1) is 20.5. The number of morpholine rings is 1. The zero-order chi connectivity index (χ0) is 30.9. The Morgan fingerprint density at radius 1 is 1.09 bits per heavy atom. The van der Waals surface area contributed by atoms with Crippen LogP contribution in [0.25, 0.3) is 0 Å². The first-order valence-electron chi connectivity index (χ1n) is 14.3. The van der Waals surface area contributed by atoms with E-state index in [2.05, 4.69) is 10.1 Å². The number of urea groups is 1. The van der Waals surface area contributed by atoms with Gasteiger partial charge in [-0.3, -0.25) is 24.1 Å². The number of hydrogen-bond acceptors (Lipinski definition) is 10. The molecular formula is C29H36N6O8. The molecule has 0 N–H and O–H groups in total. The van der Waals surface area contributed by atoms with Gasteiger partial charge in [-0.15, -0.1) is 0 Å². The highest BCUT2D eigenvalue weighted by Crippen LogP contribution is 2.32. The molecule has 3 aliphatic rings. The van der Waals surface area contributed by atoms with Crippen molar-refractivity contribution in [2.45, 2.75) is 52.7 Å². The third-order valence-corrected chi connectivity index (χ3v) is 7.52. The number of imide groups is 2. The zero-order valence-electron chi connectivity index (χ0n) is 24.8. The SMILES string of the molecule is COc1ccccc1N(C[C@H]1CN(C(=O)C(C)(C)C)CCO1)C(=O)Cc1noc(CN2C(=O)C(=O)N(CC3CC3)C2=O)n1. The molecule has 0 unspecified atom stereocenters. The van der Waals surface area contributed by atoms with Gasteiger partial charge in [0.2, 0.25) is 17.7 Å². The number of carbonyl (C=O) groups is 5. The molecule has 6 amide bonds. The summed E-state index contributed by atoms with van der Waals surface area (Å²) in [6, 6.07) is 6.33. The van der Waals surface area contributed by atoms with E-state index < -0.39 is 29.4 Å². The maximum absolute atomic E-state index is 13.7. The summed E-state index contributed by atoms with van der Waals surface area (Å²) in [6.07, 6.45) is 1.10. The van der Waals surface area contributed by atoms with Gasteiger partial charge in [0, 0.05) is 25.0 Å². The number of ether oxygens (including phenoxy) is 2. The van der Waals surface area contributed by atoms with Gasteiger partial charge in [0.1, 0.15) is 12.3 Å². The Hall–Kier alpha value is -4.33. The van der Waals surface area contributed by atoms with Gasteiger partial charge in [-0.2, -0.15) is 4.98 Å². The summed E-state index contributed by atoms with van der Waals surface area (Å²) in [5.74, 6) is -1.55. The second-order valence-corrected chi connectivity index (χ2v) is 12.0. The highest BCUT2D eigenvalue weighted by Gasteiger charge is 2.47. The molecule has 1 aliphatic carbocycles. The molecule has 1 aromatic carbocycles. The molecule has 230 valence electrons. The average molecular weight is 597 g/mol. The molecule has 1 saturated carbocycles. The minimum absolute atomic E-state index is 0.00243. The largest absolute Gasteiger partial charge is 0.495 e. The lowest BCUT2D eigenvalue weighted by atomic mass is 9.94. The molecular weight excluding hydrogens is 560 g/mol. The lowest BCUT2D eigenvalue weighted by Gasteiger charge is -2.38. The fourth-order valence-corrected chi connectivity index (χ4v) is 5.08. The molecule has 0 bridgehead atoms. The van der Waals surface area contributed by atoms with Crippen LogP contribution in [-0.4, -0.2) is 100 Å². The van der Waals surface area contributed by atoms with Crippen molar-refractivity contribution in [1.29, 1.82) is 0 Å². The van der Waals surface area contributed by atoms with Gasteiger partial charge in [0.05, 0.1) is 38.5 Å². The molecule has 2 saturated heterocycles. The Balaban J connectivity index is 1.29. The van der Waals surface area contributed by atoms with E-state index in [4.69, 9.17) is 14.0 Å². The van der Waals surface area contributed by atoms with E-state index >= 15 is 0 Å². The normalized spacial score (nSPS) is 19.3. The minimum atomic E-state index is -0.949. The van der Waals surface area contributed by atoms with Crippen molar-refractivity contribution < 1.29 is 38.0 Å². The minimum Gasteiger partial charge on any atom is -0.495 e. The molecule has 43 heavy (non-hydrogen) atoms. The Bertz CT molecular complexity index is 1410. The van der Waals surface area contributed by atoms with Crippen LogP contribution in [0.5, 0.6) is 5.75 Å². The fraction of sp³-hybridized carbons (Fsp3) is 0.552. The van der Waals surface area contributed by atoms with Gasteiger partial charge in [-0.05, 0) is 30.9 Å². The summed E-state index contributed by atoms with van der Waals surface area (Å²) in [5, 5.41) is 3.88. The number of nitrogens with zero attached hydrogens (tertiary/aromatic N) is 6. The predicted octanol–water partition coefficient (Wildman–Crippen LogP) is 1.63. The molecule has 0 radical (unpaired) electrons. The number of anilines is 1. The number of hydrogen-bond donors (Lipinski definition) is 0. The Morgan fingerprint density at radius 2 is 1.81 bits per heavy atom. The first kappa shape index (κ1) is 30.1. The summed E-state index contributed by atoms with van der Waals surface area (Å²) in [6.45, 7) is 6.67. The molecule has 3 heterocycles. The second-order valence-electron chi connectivity index (χ2n) is 12.0. The molecule has 2 aromatic rings. The third kappa shape index (κ3) is 6.69. The standard InChI is InChI=1S/C29H36N6O8/c1-29(2,3)27(39)32-11-12-42-19(15-32)16-33(20-7-5-6-8-21(20)41-4)24(36)13-22-30-23(43-31-22)17-35-26(38)25(37)34(28(35)40)14-18-9-10-18/h5-8,18-19H,9-17H2,1-4H3/t19-/m1/s1. The van der Waals surface area contributed by atoms with E-state index in [9.17, 15) is 24.0 Å². The van der Waals surface area contributed by atoms with Crippen LogP contribution < -0.4 is 9.64 Å². The van der Waals surface area contributed by atoms with E-state index in [1.165, 1.54) is 12.0 Å². The van der Waals surface area contributed by atoms with E-state index in [0.29, 0.717) is 31.1 Å². The summed E-state index contributed by atoms with van der Waals surface area (Å²) in [7, 11) is 1.51. The highest BCUT2D eigenvalue weighted by molar-refractivity contribution is 6.44. The molecule has 3 fully saturated rings. The van der Waals surface area contributed by atoms with Crippen molar-refractivity contribution in [3.05, 3.63) is 36.0 Å². The van der Waals surface area contributed by atoms with E-state index in [1.54, 1.807) is 29.2 Å². The van der Waals surface area contributed by atoms with Crippen molar-refractivity contribution >= 4 is 35.3 Å². The number of para-hydroxylation sites is 2. The van der Waals surface area contributed by atoms with Crippen LogP contribution in [0.2, 0.25) is 0 Å². The van der Waals surface area contributed by atoms with Crippen LogP contribution in [0.4, 0.5) is 10.5 Å². The zero-order valence-corrected chi connectivity index (χ0v) is 24.8. The van der Waals surface area contributed by atoms with Gasteiger partial charge in [-0.25, -0.2) is 9.69 Å². The van der Waals surface area contributed by atoms with Crippen molar-refractivity contribution in [3.8, 4) is 5.75 Å². The van der Waals surface area contributed by atoms with Crippen molar-refractivity contribution in [1.82, 2.24) is 24.8 Å². The number of rotatable bonds is 10. The smallest absolute Gasteiger partial charge is 0.334 e. The topological polar surface area (TPSA) is 156 Å². The van der Waals surface area contributed by atoms with Crippen LogP contribution >= 0.6 is 0 Å². The van der Waals surface area contributed by atoms with Crippen LogP contribution in [0.1, 0.15) is 45.3 Å². The summed E-state index contributed by atoms with van der Waals surface area (Å²) < 4.78 is 16.7. The Kier molecular flexibility index (Phi) is 8.49.